The number of esters is 1. The number of nitrogens with zero attached hydrogens (tertiary/aromatic N) is 2. The number of rotatable bonds is 3. The summed E-state index contributed by atoms with van der Waals surface area (Å²) < 4.78 is 4.11. The van der Waals surface area contributed by atoms with Crippen LogP contribution >= 0.6 is 0 Å². The highest BCUT2D eigenvalue weighted by Gasteiger charge is 2.15. The fourth-order valence-electron chi connectivity index (χ4n) is 1.17. The van der Waals surface area contributed by atoms with E-state index in [0.717, 1.165) is 5.56 Å². The van der Waals surface area contributed by atoms with Gasteiger partial charge in [-0.05, 0) is 24.1 Å². The van der Waals surface area contributed by atoms with Gasteiger partial charge in [-0.15, -0.1) is 5.26 Å². The first kappa shape index (κ1) is 11.7. The average Bonchev–Trinajstić information content (AvgIpc) is 2.30. The second kappa shape index (κ2) is 5.50. The maximum absolute atomic E-state index is 11.0. The fourth-order valence-corrected chi connectivity index (χ4v) is 1.17. The molecule has 2 N–H and O–H groups in total. The smallest absolute Gasteiger partial charge is 0.338 e. The zero-order valence-corrected chi connectivity index (χ0v) is 8.38. The summed E-state index contributed by atoms with van der Waals surface area (Å²) in [4.78, 5) is 11.0. The van der Waals surface area contributed by atoms with Crippen molar-refractivity contribution >= 4 is 5.97 Å². The standard InChI is InChI=1S/C11H9N3O2/c12-6-9-3-1-8(2-4-9)5-10(14)11(15)16-7-13/h1-4,10H,5,14H2/t10-/m0/s1. The van der Waals surface area contributed by atoms with Crippen molar-refractivity contribution in [3.8, 4) is 12.3 Å². The Labute approximate surface area is 92.7 Å². The molecule has 0 saturated carbocycles. The summed E-state index contributed by atoms with van der Waals surface area (Å²) in [5, 5.41) is 16.7. The van der Waals surface area contributed by atoms with E-state index in [4.69, 9.17) is 16.3 Å². The van der Waals surface area contributed by atoms with Gasteiger partial charge in [-0.1, -0.05) is 12.1 Å². The van der Waals surface area contributed by atoms with E-state index >= 15 is 0 Å². The first-order valence-electron chi connectivity index (χ1n) is 4.51. The number of nitriles is 2. The first-order valence-corrected chi connectivity index (χ1v) is 4.51. The van der Waals surface area contributed by atoms with Gasteiger partial charge >= 0.3 is 5.97 Å². The largest absolute Gasteiger partial charge is 0.350 e. The van der Waals surface area contributed by atoms with Crippen molar-refractivity contribution in [1.82, 2.24) is 0 Å². The van der Waals surface area contributed by atoms with E-state index in [1.807, 2.05) is 6.07 Å². The molecule has 0 bridgehead atoms. The molecule has 0 aromatic heterocycles. The zero-order chi connectivity index (χ0) is 12.0. The third-order valence-electron chi connectivity index (χ3n) is 1.99. The van der Waals surface area contributed by atoms with Gasteiger partial charge < -0.3 is 10.5 Å². The van der Waals surface area contributed by atoms with Gasteiger partial charge in [0.25, 0.3) is 6.26 Å². The summed E-state index contributed by atoms with van der Waals surface area (Å²) in [6.45, 7) is 0. The summed E-state index contributed by atoms with van der Waals surface area (Å²) in [6, 6.07) is 7.80. The summed E-state index contributed by atoms with van der Waals surface area (Å²) >= 11 is 0. The SMILES string of the molecule is N#COC(=O)[C@@H](N)Cc1ccc(C#N)cc1. The van der Waals surface area contributed by atoms with Crippen molar-refractivity contribution in [2.75, 3.05) is 0 Å². The summed E-state index contributed by atoms with van der Waals surface area (Å²) in [6.07, 6.45) is 1.55. The maximum atomic E-state index is 11.0. The Kier molecular flexibility index (Phi) is 4.02. The Morgan fingerprint density at radius 1 is 1.38 bits per heavy atom. The predicted molar refractivity (Wildman–Crippen MR) is 54.5 cm³/mol. The fraction of sp³-hybridized carbons (Fsp3) is 0.182. The van der Waals surface area contributed by atoms with Crippen LogP contribution in [0.2, 0.25) is 0 Å². The molecule has 0 heterocycles. The lowest BCUT2D eigenvalue weighted by molar-refractivity contribution is -0.138. The van der Waals surface area contributed by atoms with Crippen LogP contribution in [0.15, 0.2) is 24.3 Å². The average molecular weight is 215 g/mol. The van der Waals surface area contributed by atoms with E-state index < -0.39 is 12.0 Å². The van der Waals surface area contributed by atoms with Crippen LogP contribution in [0.4, 0.5) is 0 Å². The second-order valence-corrected chi connectivity index (χ2v) is 3.13. The lowest BCUT2D eigenvalue weighted by Crippen LogP contribution is -2.33. The van der Waals surface area contributed by atoms with Crippen LogP contribution in [-0.2, 0) is 16.0 Å². The minimum absolute atomic E-state index is 0.270. The number of benzene rings is 1. The predicted octanol–water partition coefficient (Wildman–Crippen LogP) is 0.452. The highest BCUT2D eigenvalue weighted by atomic mass is 16.5. The van der Waals surface area contributed by atoms with Gasteiger partial charge in [0, 0.05) is 0 Å². The van der Waals surface area contributed by atoms with E-state index in [2.05, 4.69) is 4.74 Å². The Morgan fingerprint density at radius 3 is 2.50 bits per heavy atom. The van der Waals surface area contributed by atoms with Crippen LogP contribution in [0.1, 0.15) is 11.1 Å². The molecular formula is C11H9N3O2. The molecule has 0 radical (unpaired) electrons. The molecule has 80 valence electrons. The third kappa shape index (κ3) is 3.09. The van der Waals surface area contributed by atoms with Gasteiger partial charge in [-0.25, -0.2) is 4.79 Å². The van der Waals surface area contributed by atoms with Gasteiger partial charge in [-0.2, -0.15) is 5.26 Å². The monoisotopic (exact) mass is 215 g/mol. The third-order valence-corrected chi connectivity index (χ3v) is 1.99. The van der Waals surface area contributed by atoms with E-state index in [0.29, 0.717) is 5.56 Å². The van der Waals surface area contributed by atoms with E-state index in [-0.39, 0.29) is 6.42 Å². The van der Waals surface area contributed by atoms with Gasteiger partial charge in [0.2, 0.25) is 0 Å². The molecule has 0 spiro atoms. The Balaban J connectivity index is 2.64. The lowest BCUT2D eigenvalue weighted by Gasteiger charge is -2.07. The molecule has 0 aliphatic rings. The molecule has 5 heteroatoms. The van der Waals surface area contributed by atoms with Crippen LogP contribution < -0.4 is 5.73 Å². The lowest BCUT2D eigenvalue weighted by atomic mass is 10.1. The van der Waals surface area contributed by atoms with Crippen molar-refractivity contribution < 1.29 is 9.53 Å². The molecule has 1 rings (SSSR count). The molecule has 1 aromatic carbocycles. The minimum Gasteiger partial charge on any atom is -0.350 e. The topological polar surface area (TPSA) is 99.9 Å². The maximum Gasteiger partial charge on any atom is 0.338 e. The number of carbonyl (C=O) groups excluding carboxylic acids is 1. The van der Waals surface area contributed by atoms with Gasteiger partial charge in [-0.3, -0.25) is 0 Å². The second-order valence-electron chi connectivity index (χ2n) is 3.13. The van der Waals surface area contributed by atoms with Crippen molar-refractivity contribution in [2.24, 2.45) is 5.73 Å². The summed E-state index contributed by atoms with van der Waals surface area (Å²) in [5.74, 6) is -0.758. The van der Waals surface area contributed by atoms with Crippen molar-refractivity contribution in [1.29, 1.82) is 10.5 Å². The number of nitrogens with two attached hydrogens (primary N) is 1. The minimum atomic E-state index is -0.868. The normalized spacial score (nSPS) is 10.9. The van der Waals surface area contributed by atoms with Crippen molar-refractivity contribution in [3.05, 3.63) is 35.4 Å². The molecule has 0 aliphatic carbocycles. The Morgan fingerprint density at radius 2 is 2.00 bits per heavy atom. The van der Waals surface area contributed by atoms with E-state index in [1.54, 1.807) is 24.3 Å². The Hall–Kier alpha value is -2.37. The van der Waals surface area contributed by atoms with Gasteiger partial charge in [0.05, 0.1) is 11.6 Å². The summed E-state index contributed by atoms with van der Waals surface area (Å²) in [7, 11) is 0. The summed E-state index contributed by atoms with van der Waals surface area (Å²) in [5.41, 5.74) is 6.86. The van der Waals surface area contributed by atoms with Gasteiger partial charge in [0.15, 0.2) is 0 Å². The van der Waals surface area contributed by atoms with Crippen LogP contribution in [0.3, 0.4) is 0 Å². The zero-order valence-electron chi connectivity index (χ0n) is 8.38. The highest BCUT2D eigenvalue weighted by molar-refractivity contribution is 5.76. The number of carbonyl (C=O) groups is 1. The van der Waals surface area contributed by atoms with Crippen molar-refractivity contribution in [3.63, 3.8) is 0 Å². The molecule has 5 nitrogen and oxygen atoms in total. The van der Waals surface area contributed by atoms with E-state index in [1.165, 1.54) is 6.26 Å². The highest BCUT2D eigenvalue weighted by Crippen LogP contribution is 2.06. The number of ether oxygens (including phenoxy) is 1. The first-order chi connectivity index (χ1) is 7.67. The molecule has 1 atom stereocenters. The van der Waals surface area contributed by atoms with Crippen molar-refractivity contribution in [2.45, 2.75) is 12.5 Å². The van der Waals surface area contributed by atoms with Crippen LogP contribution in [-0.4, -0.2) is 12.0 Å². The molecule has 0 amide bonds. The molecule has 16 heavy (non-hydrogen) atoms. The Bertz CT molecular complexity index is 454. The quantitative estimate of drug-likeness (QED) is 0.582. The molecule has 0 aliphatic heterocycles. The molecular weight excluding hydrogens is 206 g/mol. The molecule has 1 aromatic rings. The van der Waals surface area contributed by atoms with Crippen LogP contribution in [0, 0.1) is 22.8 Å². The van der Waals surface area contributed by atoms with Crippen LogP contribution in [0.5, 0.6) is 0 Å². The molecule has 0 fully saturated rings. The number of hydrogen-bond donors (Lipinski definition) is 1. The van der Waals surface area contributed by atoms with Crippen LogP contribution in [0.25, 0.3) is 0 Å². The van der Waals surface area contributed by atoms with E-state index in [9.17, 15) is 4.79 Å². The molecule has 0 unspecified atom stereocenters. The molecule has 0 saturated heterocycles. The van der Waals surface area contributed by atoms with Gasteiger partial charge in [0.1, 0.15) is 6.04 Å². The number of hydrogen-bond acceptors (Lipinski definition) is 5.